The Morgan fingerprint density at radius 2 is 2.44 bits per heavy atom. The Kier molecular flexibility index (Phi) is 4.35. The number of rotatable bonds is 3. The van der Waals surface area contributed by atoms with Crippen molar-refractivity contribution in [3.63, 3.8) is 0 Å². The van der Waals surface area contributed by atoms with E-state index in [-0.39, 0.29) is 6.04 Å². The molecular weight excluding hydrogens is 136 g/mol. The second-order valence-electron chi connectivity index (χ2n) is 1.86. The SMILES string of the molecule is COC[C@H](C)NC(N)=S. The average molecular weight is 148 g/mol. The van der Waals surface area contributed by atoms with Crippen LogP contribution in [0.5, 0.6) is 0 Å². The van der Waals surface area contributed by atoms with Crippen LogP contribution in [0.15, 0.2) is 0 Å². The third kappa shape index (κ3) is 5.52. The van der Waals surface area contributed by atoms with Crippen molar-refractivity contribution in [2.24, 2.45) is 5.73 Å². The maximum absolute atomic E-state index is 5.19. The number of hydrogen-bond acceptors (Lipinski definition) is 2. The van der Waals surface area contributed by atoms with E-state index in [2.05, 4.69) is 17.5 Å². The summed E-state index contributed by atoms with van der Waals surface area (Å²) in [7, 11) is 1.64. The minimum Gasteiger partial charge on any atom is -0.383 e. The lowest BCUT2D eigenvalue weighted by Crippen LogP contribution is -2.38. The van der Waals surface area contributed by atoms with Crippen LogP contribution in [0.1, 0.15) is 6.92 Å². The molecule has 4 heteroatoms. The lowest BCUT2D eigenvalue weighted by Gasteiger charge is -2.11. The first-order chi connectivity index (χ1) is 4.16. The fourth-order valence-corrected chi connectivity index (χ4v) is 0.736. The first kappa shape index (κ1) is 8.65. The second kappa shape index (κ2) is 4.52. The molecule has 0 radical (unpaired) electrons. The highest BCUT2D eigenvalue weighted by atomic mass is 32.1. The second-order valence-corrected chi connectivity index (χ2v) is 2.30. The van der Waals surface area contributed by atoms with Crippen LogP contribution in [0.2, 0.25) is 0 Å². The molecular formula is C5H12N2OS. The molecule has 0 saturated carbocycles. The van der Waals surface area contributed by atoms with Gasteiger partial charge in [-0.25, -0.2) is 0 Å². The summed E-state index contributed by atoms with van der Waals surface area (Å²) in [6.45, 7) is 2.57. The van der Waals surface area contributed by atoms with E-state index >= 15 is 0 Å². The van der Waals surface area contributed by atoms with Crippen LogP contribution in [0.3, 0.4) is 0 Å². The number of methoxy groups -OCH3 is 1. The van der Waals surface area contributed by atoms with Crippen molar-refractivity contribution in [3.05, 3.63) is 0 Å². The average Bonchev–Trinajstić information content (AvgIpc) is 1.63. The molecule has 0 saturated heterocycles. The molecule has 3 nitrogen and oxygen atoms in total. The number of nitrogens with two attached hydrogens (primary N) is 1. The lowest BCUT2D eigenvalue weighted by atomic mass is 10.4. The van der Waals surface area contributed by atoms with Crippen LogP contribution in [-0.4, -0.2) is 24.9 Å². The highest BCUT2D eigenvalue weighted by Gasteiger charge is 1.98. The van der Waals surface area contributed by atoms with Crippen molar-refractivity contribution in [1.82, 2.24) is 5.32 Å². The van der Waals surface area contributed by atoms with Gasteiger partial charge in [-0.1, -0.05) is 0 Å². The summed E-state index contributed by atoms with van der Waals surface area (Å²) in [5, 5.41) is 3.15. The van der Waals surface area contributed by atoms with Crippen LogP contribution in [0.4, 0.5) is 0 Å². The van der Waals surface area contributed by atoms with Crippen molar-refractivity contribution in [2.75, 3.05) is 13.7 Å². The smallest absolute Gasteiger partial charge is 0.163 e. The van der Waals surface area contributed by atoms with Gasteiger partial charge in [0.15, 0.2) is 5.11 Å². The van der Waals surface area contributed by atoms with Crippen molar-refractivity contribution < 1.29 is 4.74 Å². The molecule has 0 rings (SSSR count). The van der Waals surface area contributed by atoms with Crippen LogP contribution in [0.25, 0.3) is 0 Å². The van der Waals surface area contributed by atoms with Crippen molar-refractivity contribution in [3.8, 4) is 0 Å². The summed E-state index contributed by atoms with van der Waals surface area (Å²) >= 11 is 4.60. The lowest BCUT2D eigenvalue weighted by molar-refractivity contribution is 0.179. The Balaban J connectivity index is 3.26. The molecule has 0 heterocycles. The topological polar surface area (TPSA) is 47.3 Å². The molecule has 0 bridgehead atoms. The summed E-state index contributed by atoms with van der Waals surface area (Å²) < 4.78 is 4.83. The molecule has 1 atom stereocenters. The summed E-state index contributed by atoms with van der Waals surface area (Å²) in [5.41, 5.74) is 5.19. The highest BCUT2D eigenvalue weighted by Crippen LogP contribution is 1.79. The highest BCUT2D eigenvalue weighted by molar-refractivity contribution is 7.80. The third-order valence-corrected chi connectivity index (χ3v) is 0.923. The Bertz CT molecular complexity index is 97.0. The zero-order chi connectivity index (χ0) is 7.28. The maximum Gasteiger partial charge on any atom is 0.163 e. The molecule has 0 aliphatic rings. The standard InChI is InChI=1S/C5H12N2OS/c1-4(3-8-2)7-5(6)9/h4H,3H2,1-2H3,(H3,6,7,9)/t4-/m0/s1. The number of nitrogens with one attached hydrogen (secondary N) is 1. The Morgan fingerprint density at radius 1 is 1.89 bits per heavy atom. The summed E-state index contributed by atoms with van der Waals surface area (Å²) in [4.78, 5) is 0. The summed E-state index contributed by atoms with van der Waals surface area (Å²) in [6.07, 6.45) is 0. The number of hydrogen-bond donors (Lipinski definition) is 2. The van der Waals surface area contributed by atoms with Gasteiger partial charge in [0.25, 0.3) is 0 Å². The van der Waals surface area contributed by atoms with Crippen LogP contribution in [0, 0.1) is 0 Å². The molecule has 0 fully saturated rings. The zero-order valence-corrected chi connectivity index (χ0v) is 6.49. The predicted octanol–water partition coefficient (Wildman–Crippen LogP) is -0.145. The van der Waals surface area contributed by atoms with E-state index in [9.17, 15) is 0 Å². The molecule has 9 heavy (non-hydrogen) atoms. The quantitative estimate of drug-likeness (QED) is 0.547. The van der Waals surface area contributed by atoms with E-state index < -0.39 is 0 Å². The van der Waals surface area contributed by atoms with Crippen molar-refractivity contribution in [2.45, 2.75) is 13.0 Å². The normalized spacial score (nSPS) is 12.7. The number of ether oxygens (including phenoxy) is 1. The van der Waals surface area contributed by atoms with Crippen LogP contribution in [-0.2, 0) is 4.74 Å². The van der Waals surface area contributed by atoms with Gasteiger partial charge < -0.3 is 15.8 Å². The van der Waals surface area contributed by atoms with E-state index in [4.69, 9.17) is 10.5 Å². The van der Waals surface area contributed by atoms with Gasteiger partial charge in [0.2, 0.25) is 0 Å². The molecule has 0 aliphatic carbocycles. The van der Waals surface area contributed by atoms with Gasteiger partial charge in [0.1, 0.15) is 0 Å². The van der Waals surface area contributed by atoms with E-state index in [1.54, 1.807) is 7.11 Å². The van der Waals surface area contributed by atoms with E-state index in [0.29, 0.717) is 11.7 Å². The van der Waals surface area contributed by atoms with Gasteiger partial charge in [-0.3, -0.25) is 0 Å². The first-order valence-electron chi connectivity index (χ1n) is 2.71. The Morgan fingerprint density at radius 3 is 2.78 bits per heavy atom. The fourth-order valence-electron chi connectivity index (χ4n) is 0.535. The van der Waals surface area contributed by atoms with Crippen molar-refractivity contribution >= 4 is 17.3 Å². The van der Waals surface area contributed by atoms with E-state index in [1.807, 2.05) is 6.92 Å². The van der Waals surface area contributed by atoms with E-state index in [1.165, 1.54) is 0 Å². The van der Waals surface area contributed by atoms with Crippen LogP contribution >= 0.6 is 12.2 Å². The van der Waals surface area contributed by atoms with Crippen LogP contribution < -0.4 is 11.1 Å². The third-order valence-electron chi connectivity index (χ3n) is 0.805. The largest absolute Gasteiger partial charge is 0.383 e. The van der Waals surface area contributed by atoms with Gasteiger partial charge >= 0.3 is 0 Å². The van der Waals surface area contributed by atoms with Gasteiger partial charge in [-0.15, -0.1) is 0 Å². The molecule has 0 aromatic rings. The minimum atomic E-state index is 0.201. The summed E-state index contributed by atoms with van der Waals surface area (Å²) in [5.74, 6) is 0. The van der Waals surface area contributed by atoms with Crippen molar-refractivity contribution in [1.29, 1.82) is 0 Å². The first-order valence-corrected chi connectivity index (χ1v) is 3.12. The fraction of sp³-hybridized carbons (Fsp3) is 0.800. The summed E-state index contributed by atoms with van der Waals surface area (Å²) in [6, 6.07) is 0.201. The zero-order valence-electron chi connectivity index (χ0n) is 5.68. The van der Waals surface area contributed by atoms with Gasteiger partial charge in [-0.05, 0) is 19.1 Å². The molecule has 0 amide bonds. The van der Waals surface area contributed by atoms with Gasteiger partial charge in [0.05, 0.1) is 6.61 Å². The predicted molar refractivity (Wildman–Crippen MR) is 41.3 cm³/mol. The molecule has 3 N–H and O–H groups in total. The van der Waals surface area contributed by atoms with Gasteiger partial charge in [0, 0.05) is 13.2 Å². The number of thiocarbonyl (C=S) groups is 1. The maximum atomic E-state index is 5.19. The molecule has 0 aromatic carbocycles. The Labute approximate surface area is 60.6 Å². The minimum absolute atomic E-state index is 0.201. The molecule has 0 spiro atoms. The molecule has 0 unspecified atom stereocenters. The van der Waals surface area contributed by atoms with E-state index in [0.717, 1.165) is 0 Å². The molecule has 0 aliphatic heterocycles. The van der Waals surface area contributed by atoms with Gasteiger partial charge in [-0.2, -0.15) is 0 Å². The molecule has 54 valence electrons. The Hall–Kier alpha value is -0.350. The monoisotopic (exact) mass is 148 g/mol. The molecule has 0 aromatic heterocycles.